The van der Waals surface area contributed by atoms with E-state index in [0.29, 0.717) is 18.5 Å². The van der Waals surface area contributed by atoms with Gasteiger partial charge in [-0.05, 0) is 32.1 Å². The van der Waals surface area contributed by atoms with Crippen molar-refractivity contribution in [2.75, 3.05) is 26.3 Å². The van der Waals surface area contributed by atoms with Crippen molar-refractivity contribution in [3.8, 4) is 0 Å². The van der Waals surface area contributed by atoms with Crippen molar-refractivity contribution in [2.45, 2.75) is 39.2 Å². The smallest absolute Gasteiger partial charge is 0.233 e. The number of ether oxygens (including phenoxy) is 1. The minimum Gasteiger partial charge on any atom is -0.381 e. The van der Waals surface area contributed by atoms with Gasteiger partial charge in [0, 0.05) is 25.8 Å². The van der Waals surface area contributed by atoms with Crippen LogP contribution in [0.4, 0.5) is 0 Å². The minimum absolute atomic E-state index is 0.0979. The molecule has 0 aliphatic carbocycles. The second-order valence-corrected chi connectivity index (χ2v) is 4.47. The molecule has 1 saturated heterocycles. The Morgan fingerprint density at radius 3 is 2.75 bits per heavy atom. The van der Waals surface area contributed by atoms with Gasteiger partial charge in [-0.3, -0.25) is 4.79 Å². The molecule has 4 nitrogen and oxygen atoms in total. The number of hydrogen-bond acceptors (Lipinski definition) is 3. The SMILES string of the molecule is CCCNC(=O)CNC(C)C1CCOCC1. The summed E-state index contributed by atoms with van der Waals surface area (Å²) in [6.07, 6.45) is 3.19. The van der Waals surface area contributed by atoms with Crippen molar-refractivity contribution < 1.29 is 9.53 Å². The van der Waals surface area contributed by atoms with Crippen molar-refractivity contribution in [2.24, 2.45) is 5.92 Å². The second kappa shape index (κ2) is 7.63. The van der Waals surface area contributed by atoms with E-state index in [2.05, 4.69) is 24.5 Å². The molecule has 0 aromatic carbocycles. The summed E-state index contributed by atoms with van der Waals surface area (Å²) in [6, 6.07) is 0.399. The van der Waals surface area contributed by atoms with Gasteiger partial charge in [0.15, 0.2) is 0 Å². The van der Waals surface area contributed by atoms with E-state index in [4.69, 9.17) is 4.74 Å². The Hall–Kier alpha value is -0.610. The molecule has 0 saturated carbocycles. The van der Waals surface area contributed by atoms with E-state index in [0.717, 1.165) is 39.0 Å². The molecule has 4 heteroatoms. The predicted molar refractivity (Wildman–Crippen MR) is 64.3 cm³/mol. The van der Waals surface area contributed by atoms with Gasteiger partial charge < -0.3 is 15.4 Å². The first-order chi connectivity index (χ1) is 7.74. The predicted octanol–water partition coefficient (Wildman–Crippen LogP) is 0.917. The quantitative estimate of drug-likeness (QED) is 0.710. The third-order valence-corrected chi connectivity index (χ3v) is 3.13. The van der Waals surface area contributed by atoms with Crippen LogP contribution in [-0.2, 0) is 9.53 Å². The van der Waals surface area contributed by atoms with Crippen molar-refractivity contribution in [3.05, 3.63) is 0 Å². The molecule has 1 heterocycles. The summed E-state index contributed by atoms with van der Waals surface area (Å²) < 4.78 is 5.32. The summed E-state index contributed by atoms with van der Waals surface area (Å²) in [5.74, 6) is 0.744. The van der Waals surface area contributed by atoms with Gasteiger partial charge in [0.25, 0.3) is 0 Å². The van der Waals surface area contributed by atoms with E-state index < -0.39 is 0 Å². The third kappa shape index (κ3) is 4.94. The van der Waals surface area contributed by atoms with Crippen molar-refractivity contribution in [3.63, 3.8) is 0 Å². The summed E-state index contributed by atoms with van der Waals surface area (Å²) in [6.45, 7) is 7.13. The van der Waals surface area contributed by atoms with Gasteiger partial charge in [0.1, 0.15) is 0 Å². The van der Waals surface area contributed by atoms with Gasteiger partial charge in [0.2, 0.25) is 5.91 Å². The summed E-state index contributed by atoms with van der Waals surface area (Å²) >= 11 is 0. The van der Waals surface area contributed by atoms with Crippen LogP contribution in [0.15, 0.2) is 0 Å². The number of carbonyl (C=O) groups excluding carboxylic acids is 1. The zero-order valence-electron chi connectivity index (χ0n) is 10.4. The lowest BCUT2D eigenvalue weighted by atomic mass is 9.93. The van der Waals surface area contributed by atoms with Crippen LogP contribution in [0, 0.1) is 5.92 Å². The van der Waals surface area contributed by atoms with Gasteiger partial charge in [-0.15, -0.1) is 0 Å². The van der Waals surface area contributed by atoms with Crippen LogP contribution >= 0.6 is 0 Å². The average molecular weight is 228 g/mol. The summed E-state index contributed by atoms with van der Waals surface area (Å²) in [5, 5.41) is 6.16. The van der Waals surface area contributed by atoms with Gasteiger partial charge in [-0.2, -0.15) is 0 Å². The maximum atomic E-state index is 11.4. The van der Waals surface area contributed by atoms with Crippen LogP contribution in [0.25, 0.3) is 0 Å². The summed E-state index contributed by atoms with van der Waals surface area (Å²) in [7, 11) is 0. The normalized spacial score (nSPS) is 19.4. The van der Waals surface area contributed by atoms with E-state index in [9.17, 15) is 4.79 Å². The molecule has 1 amide bonds. The largest absolute Gasteiger partial charge is 0.381 e. The Morgan fingerprint density at radius 2 is 2.12 bits per heavy atom. The maximum absolute atomic E-state index is 11.4. The molecule has 1 unspecified atom stereocenters. The molecule has 0 aromatic heterocycles. The Labute approximate surface area is 98.1 Å². The molecule has 1 rings (SSSR count). The minimum atomic E-state index is 0.0979. The monoisotopic (exact) mass is 228 g/mol. The van der Waals surface area contributed by atoms with E-state index in [1.807, 2.05) is 0 Å². The summed E-state index contributed by atoms with van der Waals surface area (Å²) in [5.41, 5.74) is 0. The standard InChI is InChI=1S/C12H24N2O2/c1-3-6-13-12(15)9-14-10(2)11-4-7-16-8-5-11/h10-11,14H,3-9H2,1-2H3,(H,13,15). The molecular weight excluding hydrogens is 204 g/mol. The molecule has 2 N–H and O–H groups in total. The lowest BCUT2D eigenvalue weighted by molar-refractivity contribution is -0.120. The Morgan fingerprint density at radius 1 is 1.44 bits per heavy atom. The molecule has 0 aromatic rings. The van der Waals surface area contributed by atoms with Crippen LogP contribution in [0.2, 0.25) is 0 Å². The van der Waals surface area contributed by atoms with E-state index in [-0.39, 0.29) is 5.91 Å². The number of amides is 1. The highest BCUT2D eigenvalue weighted by Gasteiger charge is 2.20. The first-order valence-corrected chi connectivity index (χ1v) is 6.32. The van der Waals surface area contributed by atoms with E-state index in [1.165, 1.54) is 0 Å². The molecule has 1 atom stereocenters. The molecule has 1 aliphatic heterocycles. The number of rotatable bonds is 6. The highest BCUT2D eigenvalue weighted by molar-refractivity contribution is 5.77. The summed E-state index contributed by atoms with van der Waals surface area (Å²) in [4.78, 5) is 11.4. The Bertz CT molecular complexity index is 203. The molecule has 1 aliphatic rings. The van der Waals surface area contributed by atoms with Crippen LogP contribution in [0.3, 0.4) is 0 Å². The Kier molecular flexibility index (Phi) is 6.42. The lowest BCUT2D eigenvalue weighted by Gasteiger charge is -2.28. The highest BCUT2D eigenvalue weighted by Crippen LogP contribution is 2.18. The van der Waals surface area contributed by atoms with Crippen molar-refractivity contribution >= 4 is 5.91 Å². The zero-order valence-corrected chi connectivity index (χ0v) is 10.4. The molecule has 0 bridgehead atoms. The van der Waals surface area contributed by atoms with Gasteiger partial charge >= 0.3 is 0 Å². The number of hydrogen-bond donors (Lipinski definition) is 2. The Balaban J connectivity index is 2.13. The molecule has 94 valence electrons. The van der Waals surface area contributed by atoms with E-state index in [1.54, 1.807) is 0 Å². The van der Waals surface area contributed by atoms with Gasteiger partial charge in [-0.25, -0.2) is 0 Å². The lowest BCUT2D eigenvalue weighted by Crippen LogP contribution is -2.42. The van der Waals surface area contributed by atoms with Crippen LogP contribution in [-0.4, -0.2) is 38.3 Å². The van der Waals surface area contributed by atoms with E-state index >= 15 is 0 Å². The van der Waals surface area contributed by atoms with Gasteiger partial charge in [0.05, 0.1) is 6.54 Å². The fraction of sp³-hybridized carbons (Fsp3) is 0.917. The number of carbonyl (C=O) groups is 1. The van der Waals surface area contributed by atoms with Crippen molar-refractivity contribution in [1.82, 2.24) is 10.6 Å². The van der Waals surface area contributed by atoms with Crippen LogP contribution in [0.1, 0.15) is 33.1 Å². The zero-order chi connectivity index (χ0) is 11.8. The first kappa shape index (κ1) is 13.5. The highest BCUT2D eigenvalue weighted by atomic mass is 16.5. The molecular formula is C12H24N2O2. The third-order valence-electron chi connectivity index (χ3n) is 3.13. The van der Waals surface area contributed by atoms with Crippen LogP contribution < -0.4 is 10.6 Å². The fourth-order valence-corrected chi connectivity index (χ4v) is 1.96. The fourth-order valence-electron chi connectivity index (χ4n) is 1.96. The molecule has 1 fully saturated rings. The van der Waals surface area contributed by atoms with Crippen LogP contribution in [0.5, 0.6) is 0 Å². The van der Waals surface area contributed by atoms with Gasteiger partial charge in [-0.1, -0.05) is 6.92 Å². The molecule has 0 spiro atoms. The number of nitrogens with one attached hydrogen (secondary N) is 2. The first-order valence-electron chi connectivity index (χ1n) is 6.32. The van der Waals surface area contributed by atoms with Crippen molar-refractivity contribution in [1.29, 1.82) is 0 Å². The maximum Gasteiger partial charge on any atom is 0.233 e. The molecule has 0 radical (unpaired) electrons. The molecule has 16 heavy (non-hydrogen) atoms. The topological polar surface area (TPSA) is 50.4 Å². The average Bonchev–Trinajstić information content (AvgIpc) is 2.34. The second-order valence-electron chi connectivity index (χ2n) is 4.47.